The zero-order chi connectivity index (χ0) is 53.4. The van der Waals surface area contributed by atoms with Gasteiger partial charge in [-0.15, -0.1) is 0 Å². The molecule has 0 saturated carbocycles. The molecule has 4 atom stereocenters. The third-order valence-corrected chi connectivity index (χ3v) is 15.3. The molecule has 2 heterocycles. The second kappa shape index (κ2) is 48.4. The van der Waals surface area contributed by atoms with Crippen LogP contribution in [0.4, 0.5) is 0 Å². The molecule has 74 heavy (non-hydrogen) atoms. The topological polar surface area (TPSA) is 143 Å². The Morgan fingerprint density at radius 2 is 0.703 bits per heavy atom. The first-order chi connectivity index (χ1) is 36.3. The van der Waals surface area contributed by atoms with Crippen LogP contribution in [0.5, 0.6) is 0 Å². The van der Waals surface area contributed by atoms with Crippen molar-refractivity contribution < 1.29 is 33.3 Å². The number of nitrogens with one attached hydrogen (secondary N) is 1. The molecular weight excluding hydrogens is 929 g/mol. The van der Waals surface area contributed by atoms with E-state index in [1.807, 2.05) is 0 Å². The third kappa shape index (κ3) is 36.1. The van der Waals surface area contributed by atoms with Crippen molar-refractivity contribution in [1.82, 2.24) is 9.55 Å². The Balaban J connectivity index is 1.90. The molecule has 1 fully saturated rings. The average Bonchev–Trinajstić information content (AvgIpc) is 3.71. The minimum absolute atomic E-state index is 0.167. The maximum Gasteiger partial charge on any atom is 0.330 e. The third-order valence-electron chi connectivity index (χ3n) is 15.3. The Morgan fingerprint density at radius 1 is 0.419 bits per heavy atom. The molecule has 11 heteroatoms. The molecule has 1 aromatic rings. The summed E-state index contributed by atoms with van der Waals surface area (Å²) in [5.74, 6) is -1.32. The molecule has 1 saturated heterocycles. The smallest absolute Gasteiger partial charge is 0.330 e. The second-order valence-electron chi connectivity index (χ2n) is 22.3. The molecule has 1 aliphatic heterocycles. The summed E-state index contributed by atoms with van der Waals surface area (Å²) in [6, 6.07) is 1.20. The van der Waals surface area contributed by atoms with Gasteiger partial charge in [0.25, 0.3) is 5.56 Å². The van der Waals surface area contributed by atoms with Crippen molar-refractivity contribution in [3.05, 3.63) is 33.1 Å². The molecule has 2 rings (SSSR count). The lowest BCUT2D eigenvalue weighted by molar-refractivity contribution is -0.169. The molecule has 0 aliphatic carbocycles. The van der Waals surface area contributed by atoms with Crippen LogP contribution in [-0.2, 0) is 33.3 Å². The number of rotatable bonds is 53. The van der Waals surface area contributed by atoms with Gasteiger partial charge < -0.3 is 18.9 Å². The van der Waals surface area contributed by atoms with Gasteiger partial charge in [0.15, 0.2) is 18.4 Å². The number of H-pyrrole nitrogens is 1. The van der Waals surface area contributed by atoms with E-state index in [1.165, 1.54) is 231 Å². The molecule has 0 spiro atoms. The maximum absolute atomic E-state index is 13.6. The fourth-order valence-electron chi connectivity index (χ4n) is 10.6. The summed E-state index contributed by atoms with van der Waals surface area (Å²) < 4.78 is 25.5. The van der Waals surface area contributed by atoms with Gasteiger partial charge in [-0.3, -0.25) is 28.7 Å². The molecule has 0 radical (unpaired) electrons. The zero-order valence-corrected chi connectivity index (χ0v) is 48.2. The number of hydrogen-bond donors (Lipinski definition) is 1. The lowest BCUT2D eigenvalue weighted by Crippen LogP contribution is -2.43. The van der Waals surface area contributed by atoms with Gasteiger partial charge in [0.2, 0.25) is 0 Å². The summed E-state index contributed by atoms with van der Waals surface area (Å²) in [5.41, 5.74) is -1.33. The number of carbonyl (C=O) groups is 3. The van der Waals surface area contributed by atoms with Crippen LogP contribution in [0.1, 0.15) is 335 Å². The van der Waals surface area contributed by atoms with Crippen molar-refractivity contribution in [1.29, 1.82) is 0 Å². The Kier molecular flexibility index (Phi) is 43.9. The van der Waals surface area contributed by atoms with Gasteiger partial charge in [-0.1, -0.05) is 290 Å². The van der Waals surface area contributed by atoms with E-state index in [0.717, 1.165) is 62.4 Å². The molecule has 1 aromatic heterocycles. The van der Waals surface area contributed by atoms with Gasteiger partial charge >= 0.3 is 23.6 Å². The molecule has 0 aromatic carbocycles. The van der Waals surface area contributed by atoms with Crippen molar-refractivity contribution in [2.45, 2.75) is 354 Å². The average molecular weight is 1040 g/mol. The minimum atomic E-state index is -1.22. The number of ether oxygens (including phenoxy) is 4. The van der Waals surface area contributed by atoms with Crippen LogP contribution in [0.25, 0.3) is 0 Å². The molecule has 0 amide bonds. The van der Waals surface area contributed by atoms with Gasteiger partial charge in [0.1, 0.15) is 12.7 Å². The number of unbranched alkanes of at least 4 members (excludes halogenated alkanes) is 42. The van der Waals surface area contributed by atoms with Crippen LogP contribution in [0, 0.1) is 0 Å². The molecule has 11 nitrogen and oxygen atoms in total. The van der Waals surface area contributed by atoms with E-state index in [9.17, 15) is 24.0 Å². The van der Waals surface area contributed by atoms with E-state index in [1.54, 1.807) is 0 Å². The fraction of sp³-hybridized carbons (Fsp3) is 0.889. The Morgan fingerprint density at radius 3 is 1.01 bits per heavy atom. The predicted octanol–water partition coefficient (Wildman–Crippen LogP) is 17.6. The number of hydrogen-bond acceptors (Lipinski definition) is 9. The van der Waals surface area contributed by atoms with Crippen molar-refractivity contribution in [2.24, 2.45) is 0 Å². The predicted molar refractivity (Wildman–Crippen MR) is 305 cm³/mol. The molecule has 430 valence electrons. The van der Waals surface area contributed by atoms with Gasteiger partial charge in [-0.25, -0.2) is 4.79 Å². The maximum atomic E-state index is 13.6. The highest BCUT2D eigenvalue weighted by molar-refractivity contribution is 5.71. The quantitative estimate of drug-likeness (QED) is 0.0383. The monoisotopic (exact) mass is 1040 g/mol. The number of aromatic nitrogens is 2. The van der Waals surface area contributed by atoms with E-state index in [2.05, 4.69) is 25.8 Å². The SMILES string of the molecule is CCCCCCCCCCCCCCCCCC(=O)OC[C@H]1O[C@@H](n2ccc(=O)[nH]c2=O)[C@H](OC(=O)CCCCCCCCCCCCCCCCC)[C@@H]1OC(=O)CCCCCCCCCCCCCCCCC. The lowest BCUT2D eigenvalue weighted by atomic mass is 10.0. The Labute approximate surface area is 452 Å². The summed E-state index contributed by atoms with van der Waals surface area (Å²) >= 11 is 0. The van der Waals surface area contributed by atoms with Gasteiger partial charge in [0, 0.05) is 31.5 Å². The number of aromatic amines is 1. The minimum Gasteiger partial charge on any atom is -0.463 e. The van der Waals surface area contributed by atoms with Crippen molar-refractivity contribution >= 4 is 17.9 Å². The standard InChI is InChI=1S/C63H114N2O9/c1-4-7-10-13-16-19-22-25-28-31-34-37-40-43-46-49-57(67)71-54-55-60(73-58(68)50-47-44-41-38-35-32-29-26-23-20-17-14-11-8-5-2)61(62(72-55)65-53-52-56(66)64-63(65)70)74-59(69)51-48-45-42-39-36-33-30-27-24-21-18-15-12-9-6-3/h52-53,55,60-62H,4-51,54H2,1-3H3,(H,64,66,70)/t55-,60-,61-,62-/m1/s1. The van der Waals surface area contributed by atoms with Crippen LogP contribution in [0.3, 0.4) is 0 Å². The van der Waals surface area contributed by atoms with Gasteiger partial charge in [0.05, 0.1) is 0 Å². The largest absolute Gasteiger partial charge is 0.463 e. The number of nitrogens with zero attached hydrogens (tertiary/aromatic N) is 1. The van der Waals surface area contributed by atoms with Crippen LogP contribution in [0.15, 0.2) is 21.9 Å². The van der Waals surface area contributed by atoms with Crippen LogP contribution >= 0.6 is 0 Å². The first-order valence-electron chi connectivity index (χ1n) is 31.8. The summed E-state index contributed by atoms with van der Waals surface area (Å²) in [6.07, 6.45) is 52.4. The number of esters is 3. The van der Waals surface area contributed by atoms with Crippen molar-refractivity contribution in [3.8, 4) is 0 Å². The van der Waals surface area contributed by atoms with Crippen LogP contribution < -0.4 is 11.2 Å². The second-order valence-corrected chi connectivity index (χ2v) is 22.3. The molecular formula is C63H114N2O9. The molecule has 0 bridgehead atoms. The highest BCUT2D eigenvalue weighted by Gasteiger charge is 2.51. The molecule has 1 N–H and O–H groups in total. The summed E-state index contributed by atoms with van der Waals surface area (Å²) in [7, 11) is 0. The fourth-order valence-corrected chi connectivity index (χ4v) is 10.6. The summed E-state index contributed by atoms with van der Waals surface area (Å²) in [6.45, 7) is 6.55. The molecule has 0 unspecified atom stereocenters. The normalized spacial score (nSPS) is 16.5. The van der Waals surface area contributed by atoms with E-state index in [0.29, 0.717) is 12.8 Å². The van der Waals surface area contributed by atoms with E-state index in [-0.39, 0.29) is 31.8 Å². The van der Waals surface area contributed by atoms with Crippen molar-refractivity contribution in [2.75, 3.05) is 6.61 Å². The molecule has 1 aliphatic rings. The highest BCUT2D eigenvalue weighted by atomic mass is 16.7. The van der Waals surface area contributed by atoms with E-state index in [4.69, 9.17) is 18.9 Å². The van der Waals surface area contributed by atoms with Crippen LogP contribution in [0.2, 0.25) is 0 Å². The summed E-state index contributed by atoms with van der Waals surface area (Å²) in [4.78, 5) is 67.7. The first kappa shape index (κ1) is 67.2. The zero-order valence-electron chi connectivity index (χ0n) is 48.2. The van der Waals surface area contributed by atoms with E-state index < -0.39 is 47.7 Å². The Bertz CT molecular complexity index is 1590. The van der Waals surface area contributed by atoms with Gasteiger partial charge in [-0.2, -0.15) is 0 Å². The first-order valence-corrected chi connectivity index (χ1v) is 31.8. The van der Waals surface area contributed by atoms with Crippen LogP contribution in [-0.4, -0.2) is 52.4 Å². The van der Waals surface area contributed by atoms with E-state index >= 15 is 0 Å². The van der Waals surface area contributed by atoms with Gasteiger partial charge in [-0.05, 0) is 19.3 Å². The lowest BCUT2D eigenvalue weighted by Gasteiger charge is -2.25. The number of carbonyl (C=O) groups excluding carboxylic acids is 3. The Hall–Kier alpha value is -2.95. The highest BCUT2D eigenvalue weighted by Crippen LogP contribution is 2.34. The summed E-state index contributed by atoms with van der Waals surface area (Å²) in [5, 5.41) is 0. The van der Waals surface area contributed by atoms with Crippen molar-refractivity contribution in [3.63, 3.8) is 0 Å².